The van der Waals surface area contributed by atoms with Gasteiger partial charge in [-0.05, 0) is 53.1 Å². The molecule has 0 bridgehead atoms. The van der Waals surface area contributed by atoms with Crippen molar-refractivity contribution in [3.63, 3.8) is 0 Å². The Labute approximate surface area is 215 Å². The van der Waals surface area contributed by atoms with Crippen molar-refractivity contribution < 1.29 is 13.7 Å². The second kappa shape index (κ2) is 8.63. The van der Waals surface area contributed by atoms with Gasteiger partial charge in [0, 0.05) is 29.5 Å². The molecule has 36 heavy (non-hydrogen) atoms. The first kappa shape index (κ1) is 23.6. The van der Waals surface area contributed by atoms with Crippen LogP contribution in [0.2, 0.25) is 0 Å². The highest BCUT2D eigenvalue weighted by Crippen LogP contribution is 2.47. The zero-order valence-corrected chi connectivity index (χ0v) is 22.1. The van der Waals surface area contributed by atoms with Gasteiger partial charge in [-0.25, -0.2) is 4.39 Å². The van der Waals surface area contributed by atoms with Crippen LogP contribution in [0.15, 0.2) is 64.4 Å². The van der Waals surface area contributed by atoms with E-state index in [1.165, 1.54) is 12.1 Å². The highest BCUT2D eigenvalue weighted by Gasteiger charge is 2.48. The molecule has 0 saturated carbocycles. The van der Waals surface area contributed by atoms with Crippen molar-refractivity contribution in [2.45, 2.75) is 49.5 Å². The number of benzene rings is 2. The minimum absolute atomic E-state index is 0.0106. The van der Waals surface area contributed by atoms with Crippen LogP contribution in [0.4, 0.5) is 4.39 Å². The van der Waals surface area contributed by atoms with Gasteiger partial charge in [-0.3, -0.25) is 19.3 Å². The quantitative estimate of drug-likeness (QED) is 0.438. The van der Waals surface area contributed by atoms with Crippen molar-refractivity contribution in [3.05, 3.63) is 93.2 Å². The number of piperidine rings is 1. The monoisotopic (exact) mass is 523 g/mol. The fourth-order valence-corrected chi connectivity index (χ4v) is 7.06. The molecule has 6 nitrogen and oxygen atoms in total. The number of aromatic nitrogens is 1. The smallest absolute Gasteiger partial charge is 0.278 e. The van der Waals surface area contributed by atoms with Crippen LogP contribution >= 0.6 is 21.2 Å². The Kier molecular flexibility index (Phi) is 5.65. The summed E-state index contributed by atoms with van der Waals surface area (Å²) < 4.78 is 21.6. The van der Waals surface area contributed by atoms with Crippen LogP contribution in [0.5, 0.6) is 5.75 Å². The Bertz CT molecular complexity index is 1440. The van der Waals surface area contributed by atoms with Crippen LogP contribution in [0, 0.1) is 11.2 Å². The van der Waals surface area contributed by atoms with E-state index in [1.54, 1.807) is 28.7 Å². The molecule has 3 atom stereocenters. The number of carbonyl (C=O) groups excluding carboxylic acids is 1. The summed E-state index contributed by atoms with van der Waals surface area (Å²) in [7, 11) is 2.11. The first-order chi connectivity index (χ1) is 17.3. The van der Waals surface area contributed by atoms with Crippen LogP contribution in [-0.2, 0) is 5.75 Å². The van der Waals surface area contributed by atoms with Gasteiger partial charge < -0.3 is 9.42 Å². The maximum Gasteiger partial charge on any atom is 0.278 e. The molecule has 1 saturated heterocycles. The lowest BCUT2D eigenvalue weighted by atomic mass is 9.79. The number of hydrogen-bond donors (Lipinski definition) is 0. The van der Waals surface area contributed by atoms with Crippen molar-refractivity contribution in [3.8, 4) is 5.75 Å². The summed E-state index contributed by atoms with van der Waals surface area (Å²) in [5, 5.41) is 2.20. The maximum atomic E-state index is 14.4. The molecule has 3 aliphatic heterocycles. The number of fused-ring (bicyclic) bond motifs is 4. The van der Waals surface area contributed by atoms with Gasteiger partial charge in [0.2, 0.25) is 11.2 Å². The number of halogens is 1. The van der Waals surface area contributed by atoms with Crippen LogP contribution in [0.3, 0.4) is 0 Å². The summed E-state index contributed by atoms with van der Waals surface area (Å²) in [6.45, 7) is 5.03. The SMILES string of the molecule is CC1(C)CCN2C(=O)c3c(OP)c(=O)ccn3N([C@H]3c4ccc(F)cc4CSc4ccccc43)[C@@H]2C1. The van der Waals surface area contributed by atoms with Gasteiger partial charge in [0.05, 0.1) is 15.5 Å². The molecule has 1 amide bonds. The molecule has 9 heteroatoms. The molecule has 1 fully saturated rings. The summed E-state index contributed by atoms with van der Waals surface area (Å²) in [6.07, 6.45) is 3.03. The first-order valence-corrected chi connectivity index (χ1v) is 13.5. The fourth-order valence-electron chi connectivity index (χ4n) is 5.75. The molecule has 2 aromatic carbocycles. The van der Waals surface area contributed by atoms with Gasteiger partial charge in [0.15, 0.2) is 5.69 Å². The van der Waals surface area contributed by atoms with Gasteiger partial charge in [0.1, 0.15) is 12.0 Å². The van der Waals surface area contributed by atoms with E-state index >= 15 is 0 Å². The Morgan fingerprint density at radius 2 is 1.92 bits per heavy atom. The number of carbonyl (C=O) groups is 1. The van der Waals surface area contributed by atoms with E-state index in [4.69, 9.17) is 4.52 Å². The van der Waals surface area contributed by atoms with Crippen molar-refractivity contribution in [2.75, 3.05) is 11.6 Å². The normalized spacial score (nSPS) is 22.2. The number of rotatable bonds is 2. The highest BCUT2D eigenvalue weighted by atomic mass is 32.2. The predicted octanol–water partition coefficient (Wildman–Crippen LogP) is 5.09. The molecule has 1 unspecified atom stereocenters. The molecule has 0 radical (unpaired) electrons. The summed E-state index contributed by atoms with van der Waals surface area (Å²) in [4.78, 5) is 29.5. The van der Waals surface area contributed by atoms with Gasteiger partial charge >= 0.3 is 0 Å². The predicted molar refractivity (Wildman–Crippen MR) is 141 cm³/mol. The van der Waals surface area contributed by atoms with Crippen molar-refractivity contribution in [1.29, 1.82) is 0 Å². The number of thioether (sulfide) groups is 1. The average molecular weight is 524 g/mol. The van der Waals surface area contributed by atoms with Gasteiger partial charge in [-0.15, -0.1) is 11.8 Å². The van der Waals surface area contributed by atoms with E-state index in [0.29, 0.717) is 12.3 Å². The van der Waals surface area contributed by atoms with Crippen LogP contribution in [-0.4, -0.2) is 28.2 Å². The molecule has 186 valence electrons. The molecule has 4 heterocycles. The molecule has 3 aliphatic rings. The molecule has 6 rings (SSSR count). The van der Waals surface area contributed by atoms with Crippen molar-refractivity contribution >= 4 is 27.1 Å². The van der Waals surface area contributed by atoms with E-state index < -0.39 is 0 Å². The summed E-state index contributed by atoms with van der Waals surface area (Å²) in [6, 6.07) is 14.3. The van der Waals surface area contributed by atoms with Crippen LogP contribution in [0.25, 0.3) is 0 Å². The zero-order chi connectivity index (χ0) is 25.2. The minimum Gasteiger partial charge on any atom is -0.474 e. The highest BCUT2D eigenvalue weighted by molar-refractivity contribution is 7.98. The van der Waals surface area contributed by atoms with E-state index in [1.807, 2.05) is 23.1 Å². The van der Waals surface area contributed by atoms with E-state index in [-0.39, 0.29) is 46.2 Å². The summed E-state index contributed by atoms with van der Waals surface area (Å²) in [5.41, 5.74) is 2.88. The Morgan fingerprint density at radius 3 is 2.72 bits per heavy atom. The largest absolute Gasteiger partial charge is 0.474 e. The van der Waals surface area contributed by atoms with Crippen LogP contribution in [0.1, 0.15) is 59.9 Å². The number of hydrogen-bond acceptors (Lipinski definition) is 5. The number of pyridine rings is 1. The average Bonchev–Trinajstić information content (AvgIpc) is 3.00. The lowest BCUT2D eigenvalue weighted by molar-refractivity contribution is 0.0246. The second-order valence-electron chi connectivity index (χ2n) is 10.4. The third-order valence-corrected chi connectivity index (χ3v) is 8.93. The zero-order valence-electron chi connectivity index (χ0n) is 20.1. The number of amides is 1. The van der Waals surface area contributed by atoms with Gasteiger partial charge in [0.25, 0.3) is 5.91 Å². The summed E-state index contributed by atoms with van der Waals surface area (Å²) >= 11 is 1.69. The fraction of sp³-hybridized carbons (Fsp3) is 0.333. The second-order valence-corrected chi connectivity index (χ2v) is 11.6. The number of nitrogens with zero attached hydrogens (tertiary/aromatic N) is 3. The Balaban J connectivity index is 1.67. The Hall–Kier alpha value is -2.83. The minimum atomic E-state index is -0.348. The van der Waals surface area contributed by atoms with Crippen LogP contribution < -0.4 is 15.0 Å². The van der Waals surface area contributed by atoms with Crippen molar-refractivity contribution in [2.24, 2.45) is 5.41 Å². The molecular weight excluding hydrogens is 496 g/mol. The van der Waals surface area contributed by atoms with E-state index in [0.717, 1.165) is 34.4 Å². The molecule has 3 aromatic rings. The molecule has 1 aromatic heterocycles. The lowest BCUT2D eigenvalue weighted by Gasteiger charge is -2.54. The topological polar surface area (TPSA) is 54.8 Å². The lowest BCUT2D eigenvalue weighted by Crippen LogP contribution is -2.65. The molecule has 0 spiro atoms. The molecule has 0 aliphatic carbocycles. The molecular formula is C27H27FN3O3PS. The first-order valence-electron chi connectivity index (χ1n) is 12.0. The summed E-state index contributed by atoms with van der Waals surface area (Å²) in [5.74, 6) is 0.175. The van der Waals surface area contributed by atoms with Gasteiger partial charge in [-0.1, -0.05) is 38.1 Å². The Morgan fingerprint density at radius 1 is 1.11 bits per heavy atom. The third kappa shape index (κ3) is 3.65. The molecule has 0 N–H and O–H groups in total. The van der Waals surface area contributed by atoms with E-state index in [9.17, 15) is 14.0 Å². The van der Waals surface area contributed by atoms with E-state index in [2.05, 4.69) is 40.5 Å². The maximum absolute atomic E-state index is 14.4. The van der Waals surface area contributed by atoms with Gasteiger partial charge in [-0.2, -0.15) is 0 Å². The van der Waals surface area contributed by atoms with Crippen molar-refractivity contribution in [1.82, 2.24) is 9.58 Å². The third-order valence-electron chi connectivity index (χ3n) is 7.56. The standard InChI is InChI=1S/C27H27FN3O3PS/c1-27(2)10-12-29-22(14-27)31(30-11-9-20(32)25(34-35)24(30)26(29)33)23-18-8-7-17(28)13-16(18)15-36-21-6-4-3-5-19(21)23/h3-9,11,13,22-23H,10,12,14-15,35H2,1-2H3/t22-,23+/m1/s1.